The molecule has 1 aliphatic carbocycles. The maximum absolute atomic E-state index is 12.3. The zero-order valence-electron chi connectivity index (χ0n) is 15.6. The van der Waals surface area contributed by atoms with Gasteiger partial charge in [-0.3, -0.25) is 9.59 Å². The molecule has 2 aromatic rings. The number of hydrogen-bond acceptors (Lipinski definition) is 3. The van der Waals surface area contributed by atoms with Crippen LogP contribution in [0, 0.1) is 5.92 Å². The molecule has 5 heteroatoms. The summed E-state index contributed by atoms with van der Waals surface area (Å²) in [6.07, 6.45) is 6.15. The molecule has 0 radical (unpaired) electrons. The second-order valence-electron chi connectivity index (χ2n) is 7.41. The molecule has 2 aromatic carbocycles. The van der Waals surface area contributed by atoms with E-state index in [1.807, 2.05) is 42.5 Å². The molecule has 1 atom stereocenters. The van der Waals surface area contributed by atoms with Crippen LogP contribution in [0.4, 0.5) is 0 Å². The van der Waals surface area contributed by atoms with Crippen LogP contribution in [0.5, 0.6) is 0 Å². The number of aliphatic hydroxyl groups is 1. The zero-order valence-corrected chi connectivity index (χ0v) is 15.6. The number of fused-ring (bicyclic) bond motifs is 1. The van der Waals surface area contributed by atoms with Crippen molar-refractivity contribution in [3.05, 3.63) is 48.0 Å². The maximum atomic E-state index is 12.3. The van der Waals surface area contributed by atoms with Gasteiger partial charge in [-0.1, -0.05) is 61.7 Å². The lowest BCUT2D eigenvalue weighted by Crippen LogP contribution is -2.50. The van der Waals surface area contributed by atoms with E-state index in [4.69, 9.17) is 0 Å². The highest BCUT2D eigenvalue weighted by molar-refractivity contribution is 5.89. The predicted octanol–water partition coefficient (Wildman–Crippen LogP) is 2.56. The molecule has 0 bridgehead atoms. The number of benzene rings is 2. The van der Waals surface area contributed by atoms with Crippen molar-refractivity contribution in [3.8, 4) is 0 Å². The summed E-state index contributed by atoms with van der Waals surface area (Å²) in [7, 11) is 0. The first kappa shape index (κ1) is 19.4. The van der Waals surface area contributed by atoms with Gasteiger partial charge in [0.25, 0.3) is 0 Å². The van der Waals surface area contributed by atoms with E-state index >= 15 is 0 Å². The topological polar surface area (TPSA) is 78.4 Å². The van der Waals surface area contributed by atoms with Crippen molar-refractivity contribution in [2.24, 2.45) is 5.92 Å². The molecule has 0 aliphatic heterocycles. The first-order chi connectivity index (χ1) is 13.2. The third kappa shape index (κ3) is 5.54. The molecule has 1 fully saturated rings. The van der Waals surface area contributed by atoms with Crippen LogP contribution in [0.3, 0.4) is 0 Å². The molecule has 2 amide bonds. The molecule has 0 spiro atoms. The van der Waals surface area contributed by atoms with E-state index in [-0.39, 0.29) is 18.2 Å². The van der Waals surface area contributed by atoms with Gasteiger partial charge in [-0.25, -0.2) is 0 Å². The van der Waals surface area contributed by atoms with Crippen LogP contribution >= 0.6 is 0 Å². The Morgan fingerprint density at radius 2 is 1.78 bits per heavy atom. The molecule has 0 aromatic heterocycles. The maximum Gasteiger partial charge on any atom is 0.244 e. The van der Waals surface area contributed by atoms with Crippen molar-refractivity contribution in [2.75, 3.05) is 13.2 Å². The Labute approximate surface area is 160 Å². The first-order valence-corrected chi connectivity index (χ1v) is 9.81. The van der Waals surface area contributed by atoms with Gasteiger partial charge >= 0.3 is 0 Å². The van der Waals surface area contributed by atoms with Gasteiger partial charge in [-0.2, -0.15) is 0 Å². The SMILES string of the molecule is O=C(Cc1ccc2ccccc2c1)NC(CO)C(=O)NCC1CCCCC1. The van der Waals surface area contributed by atoms with Crippen molar-refractivity contribution >= 4 is 22.6 Å². The first-order valence-electron chi connectivity index (χ1n) is 9.81. The molecule has 1 saturated carbocycles. The second kappa shape index (κ2) is 9.51. The van der Waals surface area contributed by atoms with Crippen LogP contribution < -0.4 is 10.6 Å². The summed E-state index contributed by atoms with van der Waals surface area (Å²) in [4.78, 5) is 24.6. The highest BCUT2D eigenvalue weighted by Crippen LogP contribution is 2.22. The summed E-state index contributed by atoms with van der Waals surface area (Å²) in [5.74, 6) is -0.0672. The fraction of sp³-hybridized carbons (Fsp3) is 0.455. The van der Waals surface area contributed by atoms with E-state index in [1.54, 1.807) is 0 Å². The number of amides is 2. The van der Waals surface area contributed by atoms with E-state index in [1.165, 1.54) is 19.3 Å². The van der Waals surface area contributed by atoms with Gasteiger partial charge in [0.1, 0.15) is 6.04 Å². The molecule has 5 nitrogen and oxygen atoms in total. The quantitative estimate of drug-likeness (QED) is 0.703. The average Bonchev–Trinajstić information content (AvgIpc) is 2.71. The normalized spacial score (nSPS) is 16.0. The van der Waals surface area contributed by atoms with Crippen LogP contribution in [0.15, 0.2) is 42.5 Å². The molecular weight excluding hydrogens is 340 g/mol. The van der Waals surface area contributed by atoms with Crippen molar-refractivity contribution in [1.29, 1.82) is 0 Å². The molecule has 27 heavy (non-hydrogen) atoms. The zero-order chi connectivity index (χ0) is 19.1. The Morgan fingerprint density at radius 3 is 2.52 bits per heavy atom. The Balaban J connectivity index is 1.51. The Morgan fingerprint density at radius 1 is 1.04 bits per heavy atom. The highest BCUT2D eigenvalue weighted by Gasteiger charge is 2.21. The van der Waals surface area contributed by atoms with Crippen LogP contribution in [0.25, 0.3) is 10.8 Å². The van der Waals surface area contributed by atoms with Crippen LogP contribution in [0.2, 0.25) is 0 Å². The van der Waals surface area contributed by atoms with E-state index in [9.17, 15) is 14.7 Å². The standard InChI is InChI=1S/C22H28N2O3/c25-15-20(22(27)23-14-16-6-2-1-3-7-16)24-21(26)13-17-10-11-18-8-4-5-9-19(18)12-17/h4-5,8-12,16,20,25H,1-3,6-7,13-15H2,(H,23,27)(H,24,26). The summed E-state index contributed by atoms with van der Waals surface area (Å²) in [5.41, 5.74) is 0.880. The summed E-state index contributed by atoms with van der Waals surface area (Å²) in [5, 5.41) is 17.2. The minimum absolute atomic E-state index is 0.178. The van der Waals surface area contributed by atoms with Crippen molar-refractivity contribution < 1.29 is 14.7 Å². The minimum atomic E-state index is -0.901. The predicted molar refractivity (Wildman–Crippen MR) is 106 cm³/mol. The van der Waals surface area contributed by atoms with Gasteiger partial charge in [0.2, 0.25) is 11.8 Å². The molecule has 0 heterocycles. The fourth-order valence-electron chi connectivity index (χ4n) is 3.73. The summed E-state index contributed by atoms with van der Waals surface area (Å²) in [6.45, 7) is 0.218. The molecule has 1 unspecified atom stereocenters. The Hall–Kier alpha value is -2.40. The number of rotatable bonds is 7. The van der Waals surface area contributed by atoms with Crippen molar-refractivity contribution in [3.63, 3.8) is 0 Å². The second-order valence-corrected chi connectivity index (χ2v) is 7.41. The van der Waals surface area contributed by atoms with E-state index in [0.29, 0.717) is 12.5 Å². The van der Waals surface area contributed by atoms with Crippen LogP contribution in [-0.2, 0) is 16.0 Å². The van der Waals surface area contributed by atoms with Crippen LogP contribution in [-0.4, -0.2) is 36.1 Å². The van der Waals surface area contributed by atoms with E-state index < -0.39 is 12.6 Å². The molecular formula is C22H28N2O3. The largest absolute Gasteiger partial charge is 0.394 e. The van der Waals surface area contributed by atoms with E-state index in [2.05, 4.69) is 10.6 Å². The van der Waals surface area contributed by atoms with Gasteiger partial charge in [0, 0.05) is 6.54 Å². The van der Waals surface area contributed by atoms with Gasteiger partial charge in [-0.15, -0.1) is 0 Å². The highest BCUT2D eigenvalue weighted by atomic mass is 16.3. The molecule has 3 N–H and O–H groups in total. The minimum Gasteiger partial charge on any atom is -0.394 e. The molecule has 0 saturated heterocycles. The van der Waals surface area contributed by atoms with Gasteiger partial charge in [0.05, 0.1) is 13.0 Å². The van der Waals surface area contributed by atoms with Gasteiger partial charge in [-0.05, 0) is 35.1 Å². The Bertz CT molecular complexity index is 784. The van der Waals surface area contributed by atoms with E-state index in [0.717, 1.165) is 29.2 Å². The van der Waals surface area contributed by atoms with Crippen LogP contribution in [0.1, 0.15) is 37.7 Å². The lowest BCUT2D eigenvalue weighted by Gasteiger charge is -2.23. The number of carbonyl (C=O) groups is 2. The fourth-order valence-corrected chi connectivity index (χ4v) is 3.73. The monoisotopic (exact) mass is 368 g/mol. The Kier molecular flexibility index (Phi) is 6.82. The van der Waals surface area contributed by atoms with Crippen molar-refractivity contribution in [2.45, 2.75) is 44.6 Å². The summed E-state index contributed by atoms with van der Waals surface area (Å²) >= 11 is 0. The smallest absolute Gasteiger partial charge is 0.244 e. The van der Waals surface area contributed by atoms with Gasteiger partial charge < -0.3 is 15.7 Å². The molecule has 3 rings (SSSR count). The number of hydrogen-bond donors (Lipinski definition) is 3. The third-order valence-electron chi connectivity index (χ3n) is 5.30. The molecule has 1 aliphatic rings. The third-order valence-corrected chi connectivity index (χ3v) is 5.30. The molecule has 144 valence electrons. The summed E-state index contributed by atoms with van der Waals surface area (Å²) in [6, 6.07) is 12.9. The van der Waals surface area contributed by atoms with Gasteiger partial charge in [0.15, 0.2) is 0 Å². The average molecular weight is 368 g/mol. The van der Waals surface area contributed by atoms with Crippen molar-refractivity contribution in [1.82, 2.24) is 10.6 Å². The number of aliphatic hydroxyl groups excluding tert-OH is 1. The number of nitrogens with one attached hydrogen (secondary N) is 2. The lowest BCUT2D eigenvalue weighted by atomic mass is 9.89. The summed E-state index contributed by atoms with van der Waals surface area (Å²) < 4.78 is 0. The number of carbonyl (C=O) groups excluding carboxylic acids is 2. The lowest BCUT2D eigenvalue weighted by molar-refractivity contribution is -0.129.